The van der Waals surface area contributed by atoms with Crippen molar-refractivity contribution in [2.75, 3.05) is 5.88 Å². The number of hydrogen-bond donors (Lipinski definition) is 0. The Morgan fingerprint density at radius 1 is 1.06 bits per heavy atom. The van der Waals surface area contributed by atoms with Crippen molar-refractivity contribution in [3.8, 4) is 0 Å². The number of imide groups is 1. The van der Waals surface area contributed by atoms with Crippen LogP contribution in [0.1, 0.15) is 40.5 Å². The fourth-order valence-electron chi connectivity index (χ4n) is 4.75. The lowest BCUT2D eigenvalue weighted by atomic mass is 9.78. The molecule has 1 fully saturated rings. The molecule has 0 bridgehead atoms. The van der Waals surface area contributed by atoms with Gasteiger partial charge < -0.3 is 0 Å². The molecule has 1 aliphatic heterocycles. The molecule has 0 N–H and O–H groups in total. The molecular weight excluding hydrogens is 511 g/mol. The molecule has 182 valence electrons. The summed E-state index contributed by atoms with van der Waals surface area (Å²) in [5, 5.41) is 2.40. The zero-order chi connectivity index (χ0) is 25.3. The van der Waals surface area contributed by atoms with Crippen molar-refractivity contribution in [3.63, 3.8) is 0 Å². The monoisotopic (exact) mass is 532 g/mol. The summed E-state index contributed by atoms with van der Waals surface area (Å²) in [7, 11) is 0. The van der Waals surface area contributed by atoms with Gasteiger partial charge in [0.1, 0.15) is 6.04 Å². The van der Waals surface area contributed by atoms with Crippen LogP contribution in [-0.2, 0) is 9.59 Å². The highest BCUT2D eigenvalue weighted by Crippen LogP contribution is 2.40. The number of allylic oxidation sites excluding steroid dienone is 2. The van der Waals surface area contributed by atoms with Crippen LogP contribution in [0.2, 0.25) is 10.0 Å². The van der Waals surface area contributed by atoms with E-state index in [1.165, 1.54) is 24.3 Å². The maximum absolute atomic E-state index is 13.9. The van der Waals surface area contributed by atoms with Gasteiger partial charge in [-0.3, -0.25) is 19.2 Å². The van der Waals surface area contributed by atoms with Gasteiger partial charge in [-0.25, -0.2) is 5.01 Å². The number of halogens is 3. The van der Waals surface area contributed by atoms with E-state index in [4.69, 9.17) is 34.8 Å². The third-order valence-corrected chi connectivity index (χ3v) is 7.29. The van der Waals surface area contributed by atoms with Crippen molar-refractivity contribution in [2.45, 2.75) is 25.8 Å². The Hall–Kier alpha value is -2.67. The number of ketones is 1. The minimum absolute atomic E-state index is 0.0112. The number of hydrazine groups is 1. The summed E-state index contributed by atoms with van der Waals surface area (Å²) in [6, 6.07) is 11.3. The lowest BCUT2D eigenvalue weighted by Crippen LogP contribution is -2.57. The van der Waals surface area contributed by atoms with Crippen LogP contribution in [-0.4, -0.2) is 45.4 Å². The SMILES string of the molecule is C[C@@H]1C=CC[C@@H]2C(=O)N(N(C(=O)c3ccccc3Cl)[C@@H](CCCl)C(=O)c3ccc(Cl)cc3)C(=O)[C@H]12. The Balaban J connectivity index is 1.83. The minimum Gasteiger partial charge on any atom is -0.292 e. The van der Waals surface area contributed by atoms with E-state index in [1.807, 2.05) is 19.1 Å². The zero-order valence-electron chi connectivity index (χ0n) is 18.9. The molecule has 1 aliphatic carbocycles. The van der Waals surface area contributed by atoms with Crippen LogP contribution >= 0.6 is 34.8 Å². The second kappa shape index (κ2) is 10.5. The van der Waals surface area contributed by atoms with Gasteiger partial charge in [0.25, 0.3) is 17.7 Å². The highest BCUT2D eigenvalue weighted by atomic mass is 35.5. The number of carbonyl (C=O) groups excluding carboxylic acids is 4. The van der Waals surface area contributed by atoms with Gasteiger partial charge in [-0.1, -0.05) is 54.4 Å². The predicted octanol–water partition coefficient (Wildman–Crippen LogP) is 5.43. The number of carbonyl (C=O) groups is 4. The van der Waals surface area contributed by atoms with E-state index in [1.54, 1.807) is 24.3 Å². The van der Waals surface area contributed by atoms with Gasteiger partial charge >= 0.3 is 0 Å². The van der Waals surface area contributed by atoms with Crippen molar-refractivity contribution in [2.24, 2.45) is 17.8 Å². The third kappa shape index (κ3) is 4.75. The molecule has 2 aliphatic rings. The Morgan fingerprint density at radius 2 is 1.74 bits per heavy atom. The van der Waals surface area contributed by atoms with Gasteiger partial charge in [-0.05, 0) is 55.2 Å². The van der Waals surface area contributed by atoms with Crippen LogP contribution in [0.5, 0.6) is 0 Å². The van der Waals surface area contributed by atoms with E-state index in [2.05, 4.69) is 0 Å². The van der Waals surface area contributed by atoms with Crippen molar-refractivity contribution in [3.05, 3.63) is 81.9 Å². The molecule has 2 aromatic carbocycles. The molecule has 4 rings (SSSR count). The Morgan fingerprint density at radius 3 is 2.37 bits per heavy atom. The minimum atomic E-state index is -1.21. The van der Waals surface area contributed by atoms with E-state index in [-0.39, 0.29) is 34.4 Å². The van der Waals surface area contributed by atoms with E-state index in [9.17, 15) is 19.2 Å². The van der Waals surface area contributed by atoms with Gasteiger partial charge in [-0.15, -0.1) is 11.6 Å². The average molecular weight is 534 g/mol. The summed E-state index contributed by atoms with van der Waals surface area (Å²) in [6.07, 6.45) is 4.16. The molecule has 1 saturated heterocycles. The first-order valence-corrected chi connectivity index (χ1v) is 12.5. The van der Waals surface area contributed by atoms with Gasteiger partial charge in [0.2, 0.25) is 0 Å². The van der Waals surface area contributed by atoms with Crippen molar-refractivity contribution in [1.82, 2.24) is 10.0 Å². The van der Waals surface area contributed by atoms with Crippen LogP contribution in [0.25, 0.3) is 0 Å². The summed E-state index contributed by atoms with van der Waals surface area (Å²) in [6.45, 7) is 1.86. The number of benzene rings is 2. The van der Waals surface area contributed by atoms with E-state index >= 15 is 0 Å². The van der Waals surface area contributed by atoms with Gasteiger partial charge in [0, 0.05) is 16.5 Å². The standard InChI is InChI=1S/C26H23Cl3N2O4/c1-15-5-4-7-19-22(15)26(35)31(25(19)34)30(24(33)18-6-2-3-8-20(18)29)21(13-14-27)23(32)16-9-11-17(28)12-10-16/h2-6,8-12,15,19,21-22H,7,13-14H2,1H3/t15-,19+,21+,22-/m1/s1. The summed E-state index contributed by atoms with van der Waals surface area (Å²) in [5.74, 6) is -3.62. The van der Waals surface area contributed by atoms with E-state index < -0.39 is 41.4 Å². The molecule has 9 heteroatoms. The molecule has 2 aromatic rings. The van der Waals surface area contributed by atoms with Crippen molar-refractivity contribution in [1.29, 1.82) is 0 Å². The Bertz CT molecular complexity index is 1200. The molecule has 6 nitrogen and oxygen atoms in total. The van der Waals surface area contributed by atoms with Crippen molar-refractivity contribution < 1.29 is 19.2 Å². The highest BCUT2D eigenvalue weighted by Gasteiger charge is 2.54. The maximum Gasteiger partial charge on any atom is 0.275 e. The summed E-state index contributed by atoms with van der Waals surface area (Å²) in [5.41, 5.74) is 0.340. The van der Waals surface area contributed by atoms with Gasteiger partial charge in [0.15, 0.2) is 5.78 Å². The smallest absolute Gasteiger partial charge is 0.275 e. The molecule has 0 spiro atoms. The summed E-state index contributed by atoms with van der Waals surface area (Å²) >= 11 is 18.4. The lowest BCUT2D eigenvalue weighted by molar-refractivity contribution is -0.156. The topological polar surface area (TPSA) is 74.8 Å². The molecule has 0 aromatic heterocycles. The Labute approximate surface area is 218 Å². The number of alkyl halides is 1. The second-order valence-corrected chi connectivity index (χ2v) is 9.86. The number of hydrogen-bond acceptors (Lipinski definition) is 4. The first-order valence-electron chi connectivity index (χ1n) is 11.2. The average Bonchev–Trinajstić information content (AvgIpc) is 3.10. The van der Waals surface area contributed by atoms with E-state index in [0.29, 0.717) is 11.4 Å². The molecular formula is C26H23Cl3N2O4. The fraction of sp³-hybridized carbons (Fsp3) is 0.308. The van der Waals surface area contributed by atoms with Gasteiger partial charge in [0.05, 0.1) is 22.4 Å². The normalized spacial score (nSPS) is 22.2. The van der Waals surface area contributed by atoms with Crippen LogP contribution in [0.15, 0.2) is 60.7 Å². The number of nitrogens with zero attached hydrogens (tertiary/aromatic N) is 2. The molecule has 0 saturated carbocycles. The predicted molar refractivity (Wildman–Crippen MR) is 134 cm³/mol. The number of fused-ring (bicyclic) bond motifs is 1. The van der Waals surface area contributed by atoms with E-state index in [0.717, 1.165) is 10.0 Å². The first kappa shape index (κ1) is 25.4. The molecule has 1 heterocycles. The first-order chi connectivity index (χ1) is 16.8. The van der Waals surface area contributed by atoms with Gasteiger partial charge in [-0.2, -0.15) is 5.01 Å². The Kier molecular flexibility index (Phi) is 7.64. The fourth-order valence-corrected chi connectivity index (χ4v) is 5.30. The molecule has 4 atom stereocenters. The van der Waals surface area contributed by atoms with Crippen molar-refractivity contribution >= 4 is 58.3 Å². The molecule has 0 unspecified atom stereocenters. The number of amides is 3. The molecule has 3 amide bonds. The largest absolute Gasteiger partial charge is 0.292 e. The quantitative estimate of drug-likeness (QED) is 0.206. The van der Waals surface area contributed by atoms with Crippen LogP contribution in [0.3, 0.4) is 0 Å². The molecule has 0 radical (unpaired) electrons. The number of Topliss-reactive ketones (excluding diaryl/α,β-unsaturated/α-hetero) is 1. The van der Waals surface area contributed by atoms with Crippen LogP contribution in [0.4, 0.5) is 0 Å². The third-order valence-electron chi connectivity index (χ3n) is 6.49. The van der Waals surface area contributed by atoms with Crippen LogP contribution < -0.4 is 0 Å². The summed E-state index contributed by atoms with van der Waals surface area (Å²) in [4.78, 5) is 54.7. The summed E-state index contributed by atoms with van der Waals surface area (Å²) < 4.78 is 0. The molecule has 35 heavy (non-hydrogen) atoms. The zero-order valence-corrected chi connectivity index (χ0v) is 21.1. The lowest BCUT2D eigenvalue weighted by Gasteiger charge is -2.36. The van der Waals surface area contributed by atoms with Crippen LogP contribution in [0, 0.1) is 17.8 Å². The second-order valence-electron chi connectivity index (χ2n) is 8.64. The number of rotatable bonds is 7. The maximum atomic E-state index is 13.9. The highest BCUT2D eigenvalue weighted by molar-refractivity contribution is 6.34.